The van der Waals surface area contributed by atoms with E-state index < -0.39 is 17.1 Å². The van der Waals surface area contributed by atoms with Crippen LogP contribution in [-0.4, -0.2) is 29.3 Å². The van der Waals surface area contributed by atoms with Crippen molar-refractivity contribution in [1.29, 1.82) is 0 Å². The van der Waals surface area contributed by atoms with E-state index in [1.54, 1.807) is 6.92 Å². The summed E-state index contributed by atoms with van der Waals surface area (Å²) in [4.78, 5) is 23.7. The zero-order chi connectivity index (χ0) is 13.2. The predicted octanol–water partition coefficient (Wildman–Crippen LogP) is 0.875. The molecule has 0 aromatic carbocycles. The van der Waals surface area contributed by atoms with Crippen LogP contribution in [0.3, 0.4) is 0 Å². The molecule has 2 N–H and O–H groups in total. The predicted molar refractivity (Wildman–Crippen MR) is 64.4 cm³/mol. The zero-order valence-electron chi connectivity index (χ0n) is 10.6. The first-order valence-electron chi connectivity index (χ1n) is 6.45. The summed E-state index contributed by atoms with van der Waals surface area (Å²) < 4.78 is 5.10. The molecule has 0 bridgehead atoms. The SMILES string of the molecule is CCOC(=O)C12C=CC(=O)NC1(O)CCCCC2. The Balaban J connectivity index is 2.43. The van der Waals surface area contributed by atoms with Crippen LogP contribution >= 0.6 is 0 Å². The highest BCUT2D eigenvalue weighted by Gasteiger charge is 2.57. The van der Waals surface area contributed by atoms with Crippen LogP contribution in [0.15, 0.2) is 12.2 Å². The van der Waals surface area contributed by atoms with Crippen LogP contribution in [0, 0.1) is 5.41 Å². The second kappa shape index (κ2) is 4.72. The third-order valence-corrected chi connectivity index (χ3v) is 3.84. The molecule has 5 nitrogen and oxygen atoms in total. The molecule has 0 radical (unpaired) electrons. The van der Waals surface area contributed by atoms with Crippen LogP contribution in [0.5, 0.6) is 0 Å². The van der Waals surface area contributed by atoms with Gasteiger partial charge in [-0.2, -0.15) is 0 Å². The first-order valence-corrected chi connectivity index (χ1v) is 6.45. The fourth-order valence-electron chi connectivity index (χ4n) is 2.85. The number of nitrogens with one attached hydrogen (secondary N) is 1. The van der Waals surface area contributed by atoms with E-state index >= 15 is 0 Å². The second-order valence-corrected chi connectivity index (χ2v) is 4.94. The first-order chi connectivity index (χ1) is 8.54. The Kier molecular flexibility index (Phi) is 3.43. The number of carbonyl (C=O) groups is 2. The minimum absolute atomic E-state index is 0.262. The quantitative estimate of drug-likeness (QED) is 0.716. The van der Waals surface area contributed by atoms with E-state index in [9.17, 15) is 14.7 Å². The maximum absolute atomic E-state index is 12.2. The molecule has 2 unspecified atom stereocenters. The fourth-order valence-corrected chi connectivity index (χ4v) is 2.85. The largest absolute Gasteiger partial charge is 0.465 e. The number of hydrogen-bond acceptors (Lipinski definition) is 4. The van der Waals surface area contributed by atoms with Crippen LogP contribution in [0.4, 0.5) is 0 Å². The molecule has 1 aliphatic heterocycles. The van der Waals surface area contributed by atoms with E-state index in [2.05, 4.69) is 5.32 Å². The molecule has 1 amide bonds. The van der Waals surface area contributed by atoms with Gasteiger partial charge in [0, 0.05) is 6.08 Å². The van der Waals surface area contributed by atoms with Gasteiger partial charge in [-0.05, 0) is 26.2 Å². The summed E-state index contributed by atoms with van der Waals surface area (Å²) in [6.45, 7) is 1.99. The van der Waals surface area contributed by atoms with Crippen LogP contribution in [0.1, 0.15) is 39.0 Å². The average Bonchev–Trinajstić information content (AvgIpc) is 2.48. The Bertz CT molecular complexity index is 392. The minimum Gasteiger partial charge on any atom is -0.465 e. The number of hydrogen-bond donors (Lipinski definition) is 2. The van der Waals surface area contributed by atoms with Gasteiger partial charge in [0.25, 0.3) is 0 Å². The number of carbonyl (C=O) groups excluding carboxylic acids is 2. The molecule has 0 aromatic heterocycles. The lowest BCUT2D eigenvalue weighted by molar-refractivity contribution is -0.177. The Hall–Kier alpha value is -1.36. The molecule has 2 atom stereocenters. The van der Waals surface area contributed by atoms with Gasteiger partial charge in [-0.3, -0.25) is 9.59 Å². The van der Waals surface area contributed by atoms with Gasteiger partial charge >= 0.3 is 5.97 Å². The molecular weight excluding hydrogens is 234 g/mol. The van der Waals surface area contributed by atoms with Gasteiger partial charge in [-0.1, -0.05) is 18.9 Å². The molecule has 100 valence electrons. The van der Waals surface area contributed by atoms with Crippen molar-refractivity contribution < 1.29 is 19.4 Å². The van der Waals surface area contributed by atoms with Gasteiger partial charge in [0.1, 0.15) is 5.41 Å². The molecule has 0 spiro atoms. The van der Waals surface area contributed by atoms with Gasteiger partial charge < -0.3 is 15.2 Å². The molecular formula is C13H19NO4. The smallest absolute Gasteiger partial charge is 0.320 e. The van der Waals surface area contributed by atoms with Crippen LogP contribution in [-0.2, 0) is 14.3 Å². The molecule has 1 fully saturated rings. The van der Waals surface area contributed by atoms with Crippen LogP contribution < -0.4 is 5.32 Å². The van der Waals surface area contributed by atoms with Crippen molar-refractivity contribution >= 4 is 11.9 Å². The number of rotatable bonds is 2. The Morgan fingerprint density at radius 2 is 2.17 bits per heavy atom. The van der Waals surface area contributed by atoms with Crippen molar-refractivity contribution in [1.82, 2.24) is 5.32 Å². The van der Waals surface area contributed by atoms with Crippen LogP contribution in [0.2, 0.25) is 0 Å². The van der Waals surface area contributed by atoms with Crippen molar-refractivity contribution in [3.63, 3.8) is 0 Å². The van der Waals surface area contributed by atoms with Crippen molar-refractivity contribution in [2.75, 3.05) is 6.61 Å². The van der Waals surface area contributed by atoms with E-state index in [0.717, 1.165) is 19.3 Å². The molecule has 2 rings (SSSR count). The molecule has 1 saturated carbocycles. The third-order valence-electron chi connectivity index (χ3n) is 3.84. The number of aliphatic hydroxyl groups is 1. The number of esters is 1. The van der Waals surface area contributed by atoms with Crippen LogP contribution in [0.25, 0.3) is 0 Å². The summed E-state index contributed by atoms with van der Waals surface area (Å²) in [6.07, 6.45) is 6.27. The lowest BCUT2D eigenvalue weighted by Crippen LogP contribution is -2.64. The monoisotopic (exact) mass is 253 g/mol. The molecule has 0 aromatic rings. The van der Waals surface area contributed by atoms with Gasteiger partial charge in [0.2, 0.25) is 5.91 Å². The van der Waals surface area contributed by atoms with Gasteiger partial charge in [0.05, 0.1) is 6.61 Å². The standard InChI is InChI=1S/C13H19NO4/c1-2-18-11(16)12-7-4-3-5-8-13(12,17)14-10(15)6-9-12/h6,9,17H,2-5,7-8H2,1H3,(H,14,15). The van der Waals surface area contributed by atoms with E-state index in [-0.39, 0.29) is 12.5 Å². The number of fused-ring (bicyclic) bond motifs is 1. The molecule has 1 heterocycles. The topological polar surface area (TPSA) is 75.6 Å². The highest BCUT2D eigenvalue weighted by atomic mass is 16.5. The normalized spacial score (nSPS) is 35.3. The van der Waals surface area contributed by atoms with E-state index in [1.807, 2.05) is 0 Å². The molecule has 5 heteroatoms. The van der Waals surface area contributed by atoms with E-state index in [4.69, 9.17) is 4.74 Å². The highest BCUT2D eigenvalue weighted by Crippen LogP contribution is 2.45. The molecule has 18 heavy (non-hydrogen) atoms. The van der Waals surface area contributed by atoms with Gasteiger partial charge in [0.15, 0.2) is 5.72 Å². The summed E-state index contributed by atoms with van der Waals surface area (Å²) >= 11 is 0. The highest BCUT2D eigenvalue weighted by molar-refractivity contribution is 5.93. The summed E-state index contributed by atoms with van der Waals surface area (Å²) in [7, 11) is 0. The van der Waals surface area contributed by atoms with Crippen molar-refractivity contribution in [2.24, 2.45) is 5.41 Å². The maximum Gasteiger partial charge on any atom is 0.320 e. The Morgan fingerprint density at radius 1 is 1.44 bits per heavy atom. The van der Waals surface area contributed by atoms with E-state index in [1.165, 1.54) is 12.2 Å². The minimum atomic E-state index is -1.51. The maximum atomic E-state index is 12.2. The molecule has 2 aliphatic rings. The van der Waals surface area contributed by atoms with Gasteiger partial charge in [-0.25, -0.2) is 0 Å². The lowest BCUT2D eigenvalue weighted by atomic mass is 9.71. The number of amides is 1. The average molecular weight is 253 g/mol. The summed E-state index contributed by atoms with van der Waals surface area (Å²) in [6, 6.07) is 0. The zero-order valence-corrected chi connectivity index (χ0v) is 10.6. The van der Waals surface area contributed by atoms with Crippen molar-refractivity contribution in [3.05, 3.63) is 12.2 Å². The second-order valence-electron chi connectivity index (χ2n) is 4.94. The van der Waals surface area contributed by atoms with Gasteiger partial charge in [-0.15, -0.1) is 0 Å². The molecule has 1 aliphatic carbocycles. The van der Waals surface area contributed by atoms with Crippen molar-refractivity contribution in [3.8, 4) is 0 Å². The Morgan fingerprint density at radius 3 is 2.89 bits per heavy atom. The van der Waals surface area contributed by atoms with E-state index in [0.29, 0.717) is 12.8 Å². The number of ether oxygens (including phenoxy) is 1. The Labute approximate surface area is 106 Å². The van der Waals surface area contributed by atoms with Crippen molar-refractivity contribution in [2.45, 2.75) is 44.8 Å². The lowest BCUT2D eigenvalue weighted by Gasteiger charge is -2.44. The summed E-state index contributed by atoms with van der Waals surface area (Å²) in [5.74, 6) is -0.815. The fraction of sp³-hybridized carbons (Fsp3) is 0.692. The molecule has 0 saturated heterocycles. The summed E-state index contributed by atoms with van der Waals surface area (Å²) in [5, 5.41) is 13.2. The first kappa shape index (κ1) is 13.1. The summed E-state index contributed by atoms with van der Waals surface area (Å²) in [5.41, 5.74) is -2.64. The third kappa shape index (κ3) is 1.92.